The Morgan fingerprint density at radius 2 is 2.05 bits per heavy atom. The first-order valence-corrected chi connectivity index (χ1v) is 6.40. The fourth-order valence-corrected chi connectivity index (χ4v) is 1.79. The van der Waals surface area contributed by atoms with E-state index in [1.807, 2.05) is 32.0 Å². The van der Waals surface area contributed by atoms with Gasteiger partial charge in [0.2, 0.25) is 0 Å². The Kier molecular flexibility index (Phi) is 4.29. The third-order valence-corrected chi connectivity index (χ3v) is 2.71. The second-order valence-corrected chi connectivity index (χ2v) is 4.46. The monoisotopic (exact) mass is 255 g/mol. The van der Waals surface area contributed by atoms with Crippen LogP contribution in [0.15, 0.2) is 42.7 Å². The topological polar surface area (TPSA) is 39.2 Å². The minimum Gasteiger partial charge on any atom is -0.494 e. The maximum atomic E-state index is 12.3. The third kappa shape index (κ3) is 3.41. The number of ether oxygens (including phenoxy) is 1. The van der Waals surface area contributed by atoms with Gasteiger partial charge in [0.25, 0.3) is 0 Å². The van der Waals surface area contributed by atoms with Crippen molar-refractivity contribution in [1.29, 1.82) is 0 Å². The largest absolute Gasteiger partial charge is 0.494 e. The van der Waals surface area contributed by atoms with Crippen molar-refractivity contribution >= 4 is 5.78 Å². The summed E-state index contributed by atoms with van der Waals surface area (Å²) in [6, 6.07) is 9.11. The number of aromatic nitrogens is 1. The zero-order valence-corrected chi connectivity index (χ0v) is 11.2. The van der Waals surface area contributed by atoms with Crippen LogP contribution in [0.3, 0.4) is 0 Å². The molecule has 0 saturated carbocycles. The normalized spacial score (nSPS) is 10.2. The van der Waals surface area contributed by atoms with Crippen LogP contribution in [-0.2, 0) is 0 Å². The van der Waals surface area contributed by atoms with E-state index in [1.54, 1.807) is 24.5 Å². The van der Waals surface area contributed by atoms with E-state index in [9.17, 15) is 4.79 Å². The average molecular weight is 255 g/mol. The SMILES string of the molecule is CCCOc1cccc(C(=O)c2cncc(C)c2)c1. The minimum absolute atomic E-state index is 0.0295. The molecule has 0 bridgehead atoms. The van der Waals surface area contributed by atoms with E-state index in [0.717, 1.165) is 17.7 Å². The number of benzene rings is 1. The molecule has 0 fully saturated rings. The van der Waals surface area contributed by atoms with Gasteiger partial charge in [-0.3, -0.25) is 9.78 Å². The highest BCUT2D eigenvalue weighted by atomic mass is 16.5. The minimum atomic E-state index is -0.0295. The second-order valence-electron chi connectivity index (χ2n) is 4.46. The van der Waals surface area contributed by atoms with E-state index in [4.69, 9.17) is 4.74 Å². The number of hydrogen-bond donors (Lipinski definition) is 0. The van der Waals surface area contributed by atoms with E-state index in [0.29, 0.717) is 17.7 Å². The molecule has 2 rings (SSSR count). The van der Waals surface area contributed by atoms with Gasteiger partial charge in [-0.2, -0.15) is 0 Å². The molecule has 0 atom stereocenters. The molecule has 0 unspecified atom stereocenters. The molecule has 0 aliphatic carbocycles. The second kappa shape index (κ2) is 6.14. The quantitative estimate of drug-likeness (QED) is 0.768. The van der Waals surface area contributed by atoms with Gasteiger partial charge in [0.05, 0.1) is 6.61 Å². The summed E-state index contributed by atoms with van der Waals surface area (Å²) in [6.45, 7) is 4.63. The predicted octanol–water partition coefficient (Wildman–Crippen LogP) is 3.41. The van der Waals surface area contributed by atoms with Crippen LogP contribution < -0.4 is 4.74 Å². The zero-order chi connectivity index (χ0) is 13.7. The van der Waals surface area contributed by atoms with Crippen LogP contribution >= 0.6 is 0 Å². The van der Waals surface area contributed by atoms with Crippen molar-refractivity contribution in [3.63, 3.8) is 0 Å². The van der Waals surface area contributed by atoms with Crippen molar-refractivity contribution in [3.05, 3.63) is 59.4 Å². The Balaban J connectivity index is 2.24. The molecule has 3 nitrogen and oxygen atoms in total. The summed E-state index contributed by atoms with van der Waals surface area (Å²) in [5.74, 6) is 0.700. The van der Waals surface area contributed by atoms with Crippen LogP contribution in [0.5, 0.6) is 5.75 Å². The van der Waals surface area contributed by atoms with Gasteiger partial charge in [0.15, 0.2) is 5.78 Å². The third-order valence-electron chi connectivity index (χ3n) is 2.71. The number of aryl methyl sites for hydroxylation is 1. The fraction of sp³-hybridized carbons (Fsp3) is 0.250. The van der Waals surface area contributed by atoms with Crippen molar-refractivity contribution in [2.45, 2.75) is 20.3 Å². The van der Waals surface area contributed by atoms with E-state index in [1.165, 1.54) is 0 Å². The number of nitrogens with zero attached hydrogens (tertiary/aromatic N) is 1. The van der Waals surface area contributed by atoms with Crippen molar-refractivity contribution in [2.24, 2.45) is 0 Å². The Hall–Kier alpha value is -2.16. The summed E-state index contributed by atoms with van der Waals surface area (Å²) in [7, 11) is 0. The Labute approximate surface area is 113 Å². The first-order chi connectivity index (χ1) is 9.20. The van der Waals surface area contributed by atoms with Crippen molar-refractivity contribution in [3.8, 4) is 5.75 Å². The summed E-state index contributed by atoms with van der Waals surface area (Å²) < 4.78 is 5.54. The van der Waals surface area contributed by atoms with Gasteiger partial charge in [-0.15, -0.1) is 0 Å². The van der Waals surface area contributed by atoms with E-state index < -0.39 is 0 Å². The van der Waals surface area contributed by atoms with Gasteiger partial charge in [-0.25, -0.2) is 0 Å². The fourth-order valence-electron chi connectivity index (χ4n) is 1.79. The molecule has 1 heterocycles. The molecule has 1 aromatic carbocycles. The summed E-state index contributed by atoms with van der Waals surface area (Å²) in [5, 5.41) is 0. The van der Waals surface area contributed by atoms with Crippen LogP contribution in [0.1, 0.15) is 34.8 Å². The van der Waals surface area contributed by atoms with Gasteiger partial charge in [-0.1, -0.05) is 19.1 Å². The molecule has 19 heavy (non-hydrogen) atoms. The van der Waals surface area contributed by atoms with Crippen molar-refractivity contribution in [1.82, 2.24) is 4.98 Å². The first-order valence-electron chi connectivity index (χ1n) is 6.40. The first kappa shape index (κ1) is 13.3. The summed E-state index contributed by atoms with van der Waals surface area (Å²) in [6.07, 6.45) is 4.27. The molecule has 0 aliphatic rings. The molecular formula is C16H17NO2. The predicted molar refractivity (Wildman–Crippen MR) is 74.6 cm³/mol. The number of pyridine rings is 1. The number of ketones is 1. The maximum Gasteiger partial charge on any atom is 0.194 e. The van der Waals surface area contributed by atoms with Gasteiger partial charge >= 0.3 is 0 Å². The molecule has 0 saturated heterocycles. The van der Waals surface area contributed by atoms with E-state index >= 15 is 0 Å². The van der Waals surface area contributed by atoms with Crippen LogP contribution in [0.2, 0.25) is 0 Å². The highest BCUT2D eigenvalue weighted by molar-refractivity contribution is 6.09. The summed E-state index contributed by atoms with van der Waals surface area (Å²) in [4.78, 5) is 16.4. The van der Waals surface area contributed by atoms with Crippen LogP contribution in [-0.4, -0.2) is 17.4 Å². The summed E-state index contributed by atoms with van der Waals surface area (Å²) in [5.41, 5.74) is 2.21. The lowest BCUT2D eigenvalue weighted by atomic mass is 10.0. The maximum absolute atomic E-state index is 12.3. The van der Waals surface area contributed by atoms with E-state index in [2.05, 4.69) is 4.98 Å². The number of rotatable bonds is 5. The molecule has 3 heteroatoms. The van der Waals surface area contributed by atoms with Gasteiger partial charge in [-0.05, 0) is 37.1 Å². The van der Waals surface area contributed by atoms with E-state index in [-0.39, 0.29) is 5.78 Å². The molecule has 0 aliphatic heterocycles. The standard InChI is InChI=1S/C16H17NO2/c1-3-7-19-15-6-4-5-13(9-15)16(18)14-8-12(2)10-17-11-14/h4-6,8-11H,3,7H2,1-2H3. The smallest absolute Gasteiger partial charge is 0.194 e. The number of hydrogen-bond acceptors (Lipinski definition) is 3. The molecule has 0 N–H and O–H groups in total. The van der Waals surface area contributed by atoms with Crippen LogP contribution in [0, 0.1) is 6.92 Å². The lowest BCUT2D eigenvalue weighted by molar-refractivity contribution is 0.103. The lowest BCUT2D eigenvalue weighted by Gasteiger charge is -2.06. The number of carbonyl (C=O) groups is 1. The van der Waals surface area contributed by atoms with Gasteiger partial charge in [0.1, 0.15) is 5.75 Å². The molecule has 0 radical (unpaired) electrons. The Bertz CT molecular complexity index is 578. The molecular weight excluding hydrogens is 238 g/mol. The highest BCUT2D eigenvalue weighted by Gasteiger charge is 2.10. The Morgan fingerprint density at radius 1 is 1.21 bits per heavy atom. The van der Waals surface area contributed by atoms with Gasteiger partial charge < -0.3 is 4.74 Å². The van der Waals surface area contributed by atoms with Gasteiger partial charge in [0, 0.05) is 23.5 Å². The lowest BCUT2D eigenvalue weighted by Crippen LogP contribution is -2.03. The Morgan fingerprint density at radius 3 is 2.79 bits per heavy atom. The summed E-state index contributed by atoms with van der Waals surface area (Å²) >= 11 is 0. The average Bonchev–Trinajstić information content (AvgIpc) is 2.44. The molecule has 98 valence electrons. The van der Waals surface area contributed by atoms with Crippen LogP contribution in [0.4, 0.5) is 0 Å². The number of carbonyl (C=O) groups excluding carboxylic acids is 1. The molecule has 1 aromatic heterocycles. The zero-order valence-electron chi connectivity index (χ0n) is 11.2. The molecule has 0 spiro atoms. The van der Waals surface area contributed by atoms with Crippen molar-refractivity contribution in [2.75, 3.05) is 6.61 Å². The highest BCUT2D eigenvalue weighted by Crippen LogP contribution is 2.17. The van der Waals surface area contributed by atoms with Crippen LogP contribution in [0.25, 0.3) is 0 Å². The molecule has 0 amide bonds. The van der Waals surface area contributed by atoms with Crippen molar-refractivity contribution < 1.29 is 9.53 Å². The molecule has 2 aromatic rings.